The molecule has 1 aliphatic heterocycles. The van der Waals surface area contributed by atoms with Crippen LogP contribution in [0, 0.1) is 12.8 Å². The number of halogens is 1. The number of aryl methyl sites for hydroxylation is 1. The van der Waals surface area contributed by atoms with E-state index in [1.165, 1.54) is 0 Å². The van der Waals surface area contributed by atoms with Crippen LogP contribution in [0.5, 0.6) is 5.75 Å². The minimum atomic E-state index is 0. The Bertz CT molecular complexity index is 431. The number of nitrogens with one attached hydrogen (secondary N) is 2. The van der Waals surface area contributed by atoms with E-state index in [1.807, 2.05) is 25.1 Å². The first-order valence-corrected chi connectivity index (χ1v) is 6.32. The Morgan fingerprint density at radius 1 is 1.53 bits per heavy atom. The molecule has 2 N–H and O–H groups in total. The van der Waals surface area contributed by atoms with Crippen molar-refractivity contribution in [3.05, 3.63) is 29.3 Å². The van der Waals surface area contributed by atoms with Crippen LogP contribution in [0.2, 0.25) is 0 Å². The number of hydrogen-bond acceptors (Lipinski definition) is 3. The maximum Gasteiger partial charge on any atom is 0.224 e. The summed E-state index contributed by atoms with van der Waals surface area (Å²) in [7, 11) is 1.66. The number of ether oxygens (including phenoxy) is 1. The van der Waals surface area contributed by atoms with E-state index in [4.69, 9.17) is 4.74 Å². The number of amides is 1. The van der Waals surface area contributed by atoms with Crippen LogP contribution in [-0.2, 0) is 11.3 Å². The van der Waals surface area contributed by atoms with Gasteiger partial charge in [-0.05, 0) is 37.1 Å². The Balaban J connectivity index is 0.00000180. The lowest BCUT2D eigenvalue weighted by atomic mass is 10.1. The van der Waals surface area contributed by atoms with Gasteiger partial charge in [0.25, 0.3) is 0 Å². The van der Waals surface area contributed by atoms with Gasteiger partial charge in [0.15, 0.2) is 0 Å². The molecule has 1 saturated heterocycles. The second kappa shape index (κ2) is 7.36. The number of methoxy groups -OCH3 is 1. The highest BCUT2D eigenvalue weighted by Gasteiger charge is 2.21. The number of hydrogen-bond donors (Lipinski definition) is 2. The molecular formula is C14H21ClN2O2. The van der Waals surface area contributed by atoms with E-state index in [0.717, 1.165) is 36.4 Å². The van der Waals surface area contributed by atoms with E-state index in [0.29, 0.717) is 6.54 Å². The molecular weight excluding hydrogens is 264 g/mol. The molecule has 19 heavy (non-hydrogen) atoms. The average molecular weight is 285 g/mol. The zero-order valence-corrected chi connectivity index (χ0v) is 12.2. The highest BCUT2D eigenvalue weighted by atomic mass is 35.5. The largest absolute Gasteiger partial charge is 0.496 e. The van der Waals surface area contributed by atoms with Crippen molar-refractivity contribution in [2.75, 3.05) is 20.2 Å². The van der Waals surface area contributed by atoms with Crippen molar-refractivity contribution in [1.82, 2.24) is 10.6 Å². The fraction of sp³-hybridized carbons (Fsp3) is 0.500. The van der Waals surface area contributed by atoms with Crippen LogP contribution in [0.4, 0.5) is 0 Å². The monoisotopic (exact) mass is 284 g/mol. The van der Waals surface area contributed by atoms with Crippen LogP contribution in [0.3, 0.4) is 0 Å². The van der Waals surface area contributed by atoms with E-state index in [2.05, 4.69) is 10.6 Å². The smallest absolute Gasteiger partial charge is 0.224 e. The molecule has 5 heteroatoms. The lowest BCUT2D eigenvalue weighted by Crippen LogP contribution is -2.31. The number of carbonyl (C=O) groups is 1. The van der Waals surface area contributed by atoms with Crippen molar-refractivity contribution < 1.29 is 9.53 Å². The molecule has 0 radical (unpaired) electrons. The highest BCUT2D eigenvalue weighted by Crippen LogP contribution is 2.18. The number of benzene rings is 1. The molecule has 4 nitrogen and oxygen atoms in total. The summed E-state index contributed by atoms with van der Waals surface area (Å²) in [5.74, 6) is 1.16. The van der Waals surface area contributed by atoms with E-state index in [9.17, 15) is 4.79 Å². The molecule has 1 atom stereocenters. The predicted molar refractivity (Wildman–Crippen MR) is 77.8 cm³/mol. The standard InChI is InChI=1S/C14H20N2O2.ClH/c1-10-7-11(3-4-13(10)18-2)8-16-14(17)12-5-6-15-9-12;/h3-4,7,12,15H,5-6,8-9H2,1-2H3,(H,16,17);1H. The normalized spacial score (nSPS) is 17.7. The quantitative estimate of drug-likeness (QED) is 0.884. The van der Waals surface area contributed by atoms with Gasteiger partial charge in [-0.3, -0.25) is 4.79 Å². The Morgan fingerprint density at radius 2 is 2.32 bits per heavy atom. The Hall–Kier alpha value is -1.26. The van der Waals surface area contributed by atoms with Crippen LogP contribution in [0.25, 0.3) is 0 Å². The molecule has 1 aliphatic rings. The lowest BCUT2D eigenvalue weighted by Gasteiger charge is -2.11. The summed E-state index contributed by atoms with van der Waals surface area (Å²) in [4.78, 5) is 11.9. The van der Waals surface area contributed by atoms with Crippen molar-refractivity contribution >= 4 is 18.3 Å². The van der Waals surface area contributed by atoms with Gasteiger partial charge >= 0.3 is 0 Å². The maximum atomic E-state index is 11.9. The summed E-state index contributed by atoms with van der Waals surface area (Å²) in [5, 5.41) is 6.18. The molecule has 106 valence electrons. The van der Waals surface area contributed by atoms with Gasteiger partial charge in [-0.1, -0.05) is 12.1 Å². The van der Waals surface area contributed by atoms with Gasteiger partial charge in [0.1, 0.15) is 5.75 Å². The van der Waals surface area contributed by atoms with Crippen LogP contribution >= 0.6 is 12.4 Å². The fourth-order valence-electron chi connectivity index (χ4n) is 2.26. The molecule has 1 heterocycles. The number of rotatable bonds is 4. The van der Waals surface area contributed by atoms with E-state index < -0.39 is 0 Å². The summed E-state index contributed by atoms with van der Waals surface area (Å²) in [6.07, 6.45) is 0.938. The molecule has 0 spiro atoms. The third kappa shape index (κ3) is 4.11. The molecule has 1 aromatic carbocycles. The molecule has 0 aromatic heterocycles. The van der Waals surface area contributed by atoms with Crippen molar-refractivity contribution in [2.45, 2.75) is 19.9 Å². The maximum absolute atomic E-state index is 11.9. The van der Waals surface area contributed by atoms with Gasteiger partial charge in [-0.2, -0.15) is 0 Å². The summed E-state index contributed by atoms with van der Waals surface area (Å²) in [6.45, 7) is 4.33. The first-order valence-electron chi connectivity index (χ1n) is 6.32. The van der Waals surface area contributed by atoms with Crippen molar-refractivity contribution in [3.63, 3.8) is 0 Å². The molecule has 0 saturated carbocycles. The summed E-state index contributed by atoms with van der Waals surface area (Å²) in [5.41, 5.74) is 2.19. The van der Waals surface area contributed by atoms with E-state index >= 15 is 0 Å². The molecule has 1 aromatic rings. The van der Waals surface area contributed by atoms with E-state index in [1.54, 1.807) is 7.11 Å². The zero-order chi connectivity index (χ0) is 13.0. The molecule has 1 amide bonds. The summed E-state index contributed by atoms with van der Waals surface area (Å²) >= 11 is 0. The Labute approximate surface area is 120 Å². The number of carbonyl (C=O) groups excluding carboxylic acids is 1. The van der Waals surface area contributed by atoms with Gasteiger partial charge < -0.3 is 15.4 Å². The van der Waals surface area contributed by atoms with Crippen molar-refractivity contribution in [2.24, 2.45) is 5.92 Å². The molecule has 0 bridgehead atoms. The van der Waals surface area contributed by atoms with Crippen molar-refractivity contribution in [1.29, 1.82) is 0 Å². The lowest BCUT2D eigenvalue weighted by molar-refractivity contribution is -0.124. The Kier molecular flexibility index (Phi) is 6.12. The van der Waals surface area contributed by atoms with Crippen LogP contribution < -0.4 is 15.4 Å². The second-order valence-electron chi connectivity index (χ2n) is 4.71. The second-order valence-corrected chi connectivity index (χ2v) is 4.71. The minimum Gasteiger partial charge on any atom is -0.496 e. The third-order valence-electron chi connectivity index (χ3n) is 3.36. The summed E-state index contributed by atoms with van der Waals surface area (Å²) in [6, 6.07) is 5.97. The predicted octanol–water partition coefficient (Wildman–Crippen LogP) is 1.65. The van der Waals surface area contributed by atoms with Crippen LogP contribution in [0.1, 0.15) is 17.5 Å². The first-order chi connectivity index (χ1) is 8.70. The fourth-order valence-corrected chi connectivity index (χ4v) is 2.26. The van der Waals surface area contributed by atoms with Crippen LogP contribution in [-0.4, -0.2) is 26.1 Å². The van der Waals surface area contributed by atoms with Gasteiger partial charge in [-0.25, -0.2) is 0 Å². The SMILES string of the molecule is COc1ccc(CNC(=O)C2CCNC2)cc1C.Cl. The third-order valence-corrected chi connectivity index (χ3v) is 3.36. The molecule has 2 rings (SSSR count). The molecule has 1 unspecified atom stereocenters. The molecule has 1 fully saturated rings. The zero-order valence-electron chi connectivity index (χ0n) is 11.4. The van der Waals surface area contributed by atoms with Crippen LogP contribution in [0.15, 0.2) is 18.2 Å². The highest BCUT2D eigenvalue weighted by molar-refractivity contribution is 5.85. The summed E-state index contributed by atoms with van der Waals surface area (Å²) < 4.78 is 5.21. The topological polar surface area (TPSA) is 50.4 Å². The van der Waals surface area contributed by atoms with E-state index in [-0.39, 0.29) is 24.2 Å². The van der Waals surface area contributed by atoms with Gasteiger partial charge in [0.05, 0.1) is 13.0 Å². The van der Waals surface area contributed by atoms with Crippen molar-refractivity contribution in [3.8, 4) is 5.75 Å². The Morgan fingerprint density at radius 3 is 2.89 bits per heavy atom. The minimum absolute atomic E-state index is 0. The van der Waals surface area contributed by atoms with Gasteiger partial charge in [0.2, 0.25) is 5.91 Å². The first kappa shape index (κ1) is 15.8. The average Bonchev–Trinajstić information content (AvgIpc) is 2.90. The van der Waals surface area contributed by atoms with Gasteiger partial charge in [0, 0.05) is 13.1 Å². The van der Waals surface area contributed by atoms with Gasteiger partial charge in [-0.15, -0.1) is 12.4 Å². The molecule has 0 aliphatic carbocycles.